The molecule has 0 saturated heterocycles. The van der Waals surface area contributed by atoms with Crippen LogP contribution in [0.5, 0.6) is 0 Å². The minimum atomic E-state index is 0.929. The van der Waals surface area contributed by atoms with Crippen LogP contribution in [0.15, 0.2) is 42.5 Å². The number of rotatable bonds is 0. The van der Waals surface area contributed by atoms with Gasteiger partial charge in [-0.3, -0.25) is 0 Å². The first-order valence-electron chi connectivity index (χ1n) is 5.02. The fraction of sp³-hybridized carbons (Fsp3) is 0.385. The minimum Gasteiger partial charge on any atom is -0.0882 e. The maximum Gasteiger partial charge on any atom is -0.00946 e. The Bertz CT molecular complexity index is 216. The first-order valence-corrected chi connectivity index (χ1v) is 5.02. The Morgan fingerprint density at radius 2 is 1.69 bits per heavy atom. The maximum absolute atomic E-state index is 3.23. The van der Waals surface area contributed by atoms with Gasteiger partial charge in [-0.1, -0.05) is 42.5 Å². The van der Waals surface area contributed by atoms with E-state index in [1.807, 2.05) is 0 Å². The summed E-state index contributed by atoms with van der Waals surface area (Å²) in [5.74, 6) is 0. The normalized spacial score (nSPS) is 28.9. The lowest BCUT2D eigenvalue weighted by Crippen LogP contribution is -1.68. The lowest BCUT2D eigenvalue weighted by Gasteiger charge is -1.88. The summed E-state index contributed by atoms with van der Waals surface area (Å²) >= 11 is 0. The topological polar surface area (TPSA) is 0 Å². The van der Waals surface area contributed by atoms with E-state index in [1.54, 1.807) is 0 Å². The molecule has 1 radical (unpaired) electrons. The van der Waals surface area contributed by atoms with Gasteiger partial charge >= 0.3 is 0 Å². The van der Waals surface area contributed by atoms with Gasteiger partial charge in [0.25, 0.3) is 0 Å². The van der Waals surface area contributed by atoms with Crippen LogP contribution in [0, 0.1) is 6.08 Å². The second-order valence-electron chi connectivity index (χ2n) is 3.11. The van der Waals surface area contributed by atoms with Gasteiger partial charge in [0.05, 0.1) is 0 Å². The third kappa shape index (κ3) is 6.15. The van der Waals surface area contributed by atoms with Crippen molar-refractivity contribution in [3.63, 3.8) is 0 Å². The molecule has 0 aromatic carbocycles. The van der Waals surface area contributed by atoms with E-state index in [0.717, 1.165) is 12.8 Å². The van der Waals surface area contributed by atoms with Crippen LogP contribution in [-0.2, 0) is 0 Å². The summed E-state index contributed by atoms with van der Waals surface area (Å²) in [6.07, 6.45) is 24.0. The molecular formula is C13H17. The summed E-state index contributed by atoms with van der Waals surface area (Å²) < 4.78 is 0. The minimum absolute atomic E-state index is 0.929. The molecule has 0 aliphatic heterocycles. The molecule has 0 bridgehead atoms. The third-order valence-electron chi connectivity index (χ3n) is 1.93. The number of hydrogen-bond acceptors (Lipinski definition) is 0. The van der Waals surface area contributed by atoms with Gasteiger partial charge in [-0.15, -0.1) is 0 Å². The molecule has 0 saturated carbocycles. The lowest BCUT2D eigenvalue weighted by molar-refractivity contribution is 0.866. The average molecular weight is 173 g/mol. The highest BCUT2D eigenvalue weighted by Crippen LogP contribution is 2.00. The van der Waals surface area contributed by atoms with Crippen molar-refractivity contribution in [1.82, 2.24) is 0 Å². The molecule has 0 spiro atoms. The maximum atomic E-state index is 3.23. The molecule has 13 heavy (non-hydrogen) atoms. The summed E-state index contributed by atoms with van der Waals surface area (Å²) in [6, 6.07) is 0. The first-order chi connectivity index (χ1) is 6.50. The van der Waals surface area contributed by atoms with Gasteiger partial charge in [0.2, 0.25) is 0 Å². The highest BCUT2D eigenvalue weighted by molar-refractivity contribution is 5.04. The Balaban J connectivity index is 2.38. The molecule has 1 aliphatic rings. The van der Waals surface area contributed by atoms with Crippen molar-refractivity contribution in [2.75, 3.05) is 0 Å². The van der Waals surface area contributed by atoms with E-state index < -0.39 is 0 Å². The lowest BCUT2D eigenvalue weighted by atomic mass is 10.2. The predicted molar refractivity (Wildman–Crippen MR) is 58.3 cm³/mol. The Kier molecular flexibility index (Phi) is 5.87. The van der Waals surface area contributed by atoms with E-state index in [2.05, 4.69) is 48.6 Å². The van der Waals surface area contributed by atoms with Crippen molar-refractivity contribution in [3.05, 3.63) is 48.6 Å². The van der Waals surface area contributed by atoms with Crippen LogP contribution < -0.4 is 0 Å². The van der Waals surface area contributed by atoms with Gasteiger partial charge in [0, 0.05) is 0 Å². The molecule has 0 unspecified atom stereocenters. The molecule has 0 aromatic rings. The van der Waals surface area contributed by atoms with Gasteiger partial charge in [0.15, 0.2) is 0 Å². The number of allylic oxidation sites excluding steroid dienone is 8. The Labute approximate surface area is 81.4 Å². The zero-order valence-corrected chi connectivity index (χ0v) is 8.08. The Morgan fingerprint density at radius 3 is 2.69 bits per heavy atom. The molecule has 69 valence electrons. The smallest absolute Gasteiger partial charge is 0.00946 e. The van der Waals surface area contributed by atoms with E-state index in [0.29, 0.717) is 0 Å². The molecule has 0 N–H and O–H groups in total. The molecule has 1 aliphatic carbocycles. The van der Waals surface area contributed by atoms with Crippen molar-refractivity contribution >= 4 is 0 Å². The van der Waals surface area contributed by atoms with Crippen molar-refractivity contribution in [3.8, 4) is 0 Å². The van der Waals surface area contributed by atoms with Gasteiger partial charge in [-0.05, 0) is 38.2 Å². The SMILES string of the molecule is [C]1=C/C/C=C/CCC/C=C/C=C/C/1. The molecular weight excluding hydrogens is 156 g/mol. The summed E-state index contributed by atoms with van der Waals surface area (Å²) in [4.78, 5) is 0. The predicted octanol–water partition coefficient (Wildman–Crippen LogP) is 3.98. The molecule has 0 fully saturated rings. The van der Waals surface area contributed by atoms with Crippen LogP contribution >= 0.6 is 0 Å². The Hall–Kier alpha value is -1.04. The fourth-order valence-electron chi connectivity index (χ4n) is 1.19. The second-order valence-corrected chi connectivity index (χ2v) is 3.11. The fourth-order valence-corrected chi connectivity index (χ4v) is 1.19. The summed E-state index contributed by atoms with van der Waals surface area (Å²) in [7, 11) is 0. The van der Waals surface area contributed by atoms with Gasteiger partial charge < -0.3 is 0 Å². The van der Waals surface area contributed by atoms with E-state index in [4.69, 9.17) is 0 Å². The van der Waals surface area contributed by atoms with E-state index >= 15 is 0 Å². The summed E-state index contributed by atoms with van der Waals surface area (Å²) in [6.45, 7) is 0. The van der Waals surface area contributed by atoms with E-state index in [9.17, 15) is 0 Å². The zero-order chi connectivity index (χ0) is 9.19. The van der Waals surface area contributed by atoms with Gasteiger partial charge in [-0.2, -0.15) is 0 Å². The van der Waals surface area contributed by atoms with Crippen molar-refractivity contribution in [2.24, 2.45) is 0 Å². The summed E-state index contributed by atoms with van der Waals surface area (Å²) in [5, 5.41) is 0. The van der Waals surface area contributed by atoms with Crippen LogP contribution in [0.2, 0.25) is 0 Å². The van der Waals surface area contributed by atoms with Crippen molar-refractivity contribution in [1.29, 1.82) is 0 Å². The quantitative estimate of drug-likeness (QED) is 0.486. The molecule has 0 heteroatoms. The highest BCUT2D eigenvalue weighted by atomic mass is 13.9. The largest absolute Gasteiger partial charge is 0.0882 e. The average Bonchev–Trinajstić information content (AvgIpc) is 2.18. The standard InChI is InChI=1S/C13H17/c1-2-4-6-8-10-12-13-11-9-7-5-3-1/h1-4,10-11,13H,5-7,9,12H2/b3-1+,4-2+,10-8?,13-11+. The first kappa shape index (κ1) is 10.0. The molecule has 0 amide bonds. The Morgan fingerprint density at radius 1 is 0.846 bits per heavy atom. The molecule has 0 atom stereocenters. The van der Waals surface area contributed by atoms with Crippen LogP contribution in [0.4, 0.5) is 0 Å². The van der Waals surface area contributed by atoms with E-state index in [1.165, 1.54) is 19.3 Å². The van der Waals surface area contributed by atoms with Crippen LogP contribution in [0.3, 0.4) is 0 Å². The highest BCUT2D eigenvalue weighted by Gasteiger charge is 1.80. The number of hydrogen-bond donors (Lipinski definition) is 0. The van der Waals surface area contributed by atoms with Crippen molar-refractivity contribution in [2.45, 2.75) is 32.1 Å². The van der Waals surface area contributed by atoms with Crippen molar-refractivity contribution < 1.29 is 0 Å². The molecule has 0 nitrogen and oxygen atoms in total. The zero-order valence-electron chi connectivity index (χ0n) is 8.08. The monoisotopic (exact) mass is 173 g/mol. The van der Waals surface area contributed by atoms with Crippen LogP contribution in [0.25, 0.3) is 0 Å². The third-order valence-corrected chi connectivity index (χ3v) is 1.93. The van der Waals surface area contributed by atoms with Gasteiger partial charge in [-0.25, -0.2) is 0 Å². The van der Waals surface area contributed by atoms with Gasteiger partial charge in [0.1, 0.15) is 0 Å². The molecule has 0 heterocycles. The molecule has 0 aromatic heterocycles. The summed E-state index contributed by atoms with van der Waals surface area (Å²) in [5.41, 5.74) is 0. The van der Waals surface area contributed by atoms with E-state index in [-0.39, 0.29) is 0 Å². The molecule has 1 rings (SSSR count). The van der Waals surface area contributed by atoms with Crippen LogP contribution in [-0.4, -0.2) is 0 Å². The second kappa shape index (κ2) is 7.60. The van der Waals surface area contributed by atoms with Crippen LogP contribution in [0.1, 0.15) is 32.1 Å².